The van der Waals surface area contributed by atoms with Crippen molar-refractivity contribution in [2.24, 2.45) is 0 Å². The minimum atomic E-state index is -5.08. The molecule has 0 bridgehead atoms. The van der Waals surface area contributed by atoms with E-state index in [1.165, 1.54) is 0 Å². The maximum absolute atomic E-state index is 13.2. The Kier molecular flexibility index (Phi) is 9.14. The maximum atomic E-state index is 13.2. The van der Waals surface area contributed by atoms with E-state index in [0.29, 0.717) is 22.6 Å². The number of aliphatic carboxylic acids is 1. The molecule has 1 saturated heterocycles. The average Bonchev–Trinajstić information content (AvgIpc) is 3.51. The van der Waals surface area contributed by atoms with Gasteiger partial charge in [-0.3, -0.25) is 9.89 Å². The van der Waals surface area contributed by atoms with Gasteiger partial charge in [0.25, 0.3) is 5.91 Å². The second-order valence-electron chi connectivity index (χ2n) is 10.8. The SMILES string of the molecule is CN1CCN(c2ccc(C(=O)Nc3n[nH]c4c3CN(C(=O)Nc3ccccc3C#N)C4(C)C)cc2)CC1.O=C(O)C(F)(F)F. The van der Waals surface area contributed by atoms with Crippen LogP contribution in [-0.2, 0) is 16.9 Å². The number of carbonyl (C=O) groups excluding carboxylic acids is 2. The topological polar surface area (TPSA) is 158 Å². The van der Waals surface area contributed by atoms with Crippen LogP contribution in [0.15, 0.2) is 48.5 Å². The predicted octanol–water partition coefficient (Wildman–Crippen LogP) is 4.20. The highest BCUT2D eigenvalue weighted by molar-refractivity contribution is 6.04. The van der Waals surface area contributed by atoms with Crippen molar-refractivity contribution >= 4 is 35.1 Å². The highest BCUT2D eigenvalue weighted by atomic mass is 19.4. The van der Waals surface area contributed by atoms with E-state index in [4.69, 9.17) is 9.90 Å². The van der Waals surface area contributed by atoms with E-state index in [2.05, 4.69) is 43.7 Å². The number of aromatic nitrogens is 2. The molecule has 0 spiro atoms. The smallest absolute Gasteiger partial charge is 0.475 e. The molecule has 232 valence electrons. The summed E-state index contributed by atoms with van der Waals surface area (Å²) in [7, 11) is 2.12. The molecule has 5 rings (SSSR count). The first kappa shape index (κ1) is 31.8. The van der Waals surface area contributed by atoms with Crippen molar-refractivity contribution in [2.75, 3.05) is 48.8 Å². The van der Waals surface area contributed by atoms with Gasteiger partial charge in [0.1, 0.15) is 6.07 Å². The van der Waals surface area contributed by atoms with Crippen LogP contribution >= 0.6 is 0 Å². The Morgan fingerprint density at radius 3 is 2.23 bits per heavy atom. The fraction of sp³-hybridized carbons (Fsp3) is 0.345. The van der Waals surface area contributed by atoms with Crippen molar-refractivity contribution in [1.29, 1.82) is 5.26 Å². The first-order chi connectivity index (χ1) is 20.7. The minimum absolute atomic E-state index is 0.261. The first-order valence-corrected chi connectivity index (χ1v) is 13.5. The number of carbonyl (C=O) groups is 3. The largest absolute Gasteiger partial charge is 0.490 e. The number of likely N-dealkylation sites (N-methyl/N-ethyl adjacent to an activating group) is 1. The van der Waals surface area contributed by atoms with Gasteiger partial charge in [-0.15, -0.1) is 0 Å². The molecule has 3 amide bonds. The third-order valence-electron chi connectivity index (χ3n) is 7.48. The monoisotopic (exact) mass is 612 g/mol. The molecule has 2 aromatic carbocycles. The van der Waals surface area contributed by atoms with Gasteiger partial charge >= 0.3 is 18.2 Å². The van der Waals surface area contributed by atoms with Crippen molar-refractivity contribution in [3.8, 4) is 6.07 Å². The van der Waals surface area contributed by atoms with Crippen molar-refractivity contribution in [1.82, 2.24) is 20.0 Å². The molecule has 3 heterocycles. The van der Waals surface area contributed by atoms with E-state index in [0.717, 1.165) is 43.1 Å². The van der Waals surface area contributed by atoms with Crippen molar-refractivity contribution in [2.45, 2.75) is 32.1 Å². The van der Waals surface area contributed by atoms with E-state index in [1.54, 1.807) is 29.2 Å². The van der Waals surface area contributed by atoms with Crippen molar-refractivity contribution in [3.63, 3.8) is 0 Å². The van der Waals surface area contributed by atoms with Gasteiger partial charge in [0.2, 0.25) is 0 Å². The van der Waals surface area contributed by atoms with E-state index >= 15 is 0 Å². The minimum Gasteiger partial charge on any atom is -0.475 e. The summed E-state index contributed by atoms with van der Waals surface area (Å²) in [6.45, 7) is 8.04. The van der Waals surface area contributed by atoms with Gasteiger partial charge in [-0.05, 0) is 57.3 Å². The van der Waals surface area contributed by atoms with Crippen LogP contribution in [0.4, 0.5) is 35.2 Å². The zero-order valence-electron chi connectivity index (χ0n) is 24.2. The van der Waals surface area contributed by atoms with Crippen LogP contribution in [0.1, 0.15) is 41.0 Å². The van der Waals surface area contributed by atoms with E-state index < -0.39 is 17.7 Å². The lowest BCUT2D eigenvalue weighted by Crippen LogP contribution is -2.44. The molecule has 0 atom stereocenters. The molecule has 1 fully saturated rings. The number of hydrogen-bond donors (Lipinski definition) is 4. The molecule has 3 aromatic rings. The summed E-state index contributed by atoms with van der Waals surface area (Å²) in [4.78, 5) is 41.4. The average molecular weight is 613 g/mol. The molecule has 0 radical (unpaired) electrons. The number of H-pyrrole nitrogens is 1. The Morgan fingerprint density at radius 1 is 1.02 bits per heavy atom. The molecule has 0 aliphatic carbocycles. The highest BCUT2D eigenvalue weighted by Crippen LogP contribution is 2.41. The molecule has 4 N–H and O–H groups in total. The zero-order chi connectivity index (χ0) is 32.2. The number of alkyl halides is 3. The molecule has 44 heavy (non-hydrogen) atoms. The van der Waals surface area contributed by atoms with Crippen molar-refractivity contribution < 1.29 is 32.7 Å². The Bertz CT molecular complexity index is 1570. The summed E-state index contributed by atoms with van der Waals surface area (Å²) in [5.41, 5.74) is 3.31. The number of halogens is 3. The third kappa shape index (κ3) is 6.92. The summed E-state index contributed by atoms with van der Waals surface area (Å²) >= 11 is 0. The number of fused-ring (bicyclic) bond motifs is 1. The van der Waals surface area contributed by atoms with Gasteiger partial charge in [-0.25, -0.2) is 9.59 Å². The molecule has 0 saturated carbocycles. The van der Waals surface area contributed by atoms with Crippen LogP contribution in [0.5, 0.6) is 0 Å². The number of urea groups is 1. The lowest BCUT2D eigenvalue weighted by atomic mass is 10.0. The second-order valence-corrected chi connectivity index (χ2v) is 10.8. The number of para-hydroxylation sites is 1. The van der Waals surface area contributed by atoms with E-state index in [9.17, 15) is 28.0 Å². The Balaban J connectivity index is 0.000000566. The number of anilines is 3. The summed E-state index contributed by atoms with van der Waals surface area (Å²) < 4.78 is 31.7. The molecular weight excluding hydrogens is 581 g/mol. The fourth-order valence-corrected chi connectivity index (χ4v) is 4.89. The van der Waals surface area contributed by atoms with Gasteiger partial charge in [-0.2, -0.15) is 23.5 Å². The molecule has 0 unspecified atom stereocenters. The lowest BCUT2D eigenvalue weighted by Gasteiger charge is -2.34. The molecule has 1 aromatic heterocycles. The number of rotatable bonds is 4. The number of amides is 3. The normalized spacial score (nSPS) is 15.8. The summed E-state index contributed by atoms with van der Waals surface area (Å²) in [5.74, 6) is -2.61. The van der Waals surface area contributed by atoms with E-state index in [1.807, 2.05) is 38.1 Å². The van der Waals surface area contributed by atoms with E-state index in [-0.39, 0.29) is 18.5 Å². The maximum Gasteiger partial charge on any atom is 0.490 e. The van der Waals surface area contributed by atoms with Gasteiger partial charge in [0.05, 0.1) is 29.0 Å². The van der Waals surface area contributed by atoms with Crippen molar-refractivity contribution in [3.05, 3.63) is 70.9 Å². The van der Waals surface area contributed by atoms with Gasteiger partial charge in [-0.1, -0.05) is 12.1 Å². The number of benzene rings is 2. The molecular formula is C29H31F3N8O4. The highest BCUT2D eigenvalue weighted by Gasteiger charge is 2.44. The number of carboxylic acid groups (broad SMARTS) is 1. The quantitative estimate of drug-likeness (QED) is 0.341. The van der Waals surface area contributed by atoms with Crippen LogP contribution in [0.3, 0.4) is 0 Å². The van der Waals surface area contributed by atoms with Crippen LogP contribution in [0.2, 0.25) is 0 Å². The number of nitriles is 1. The van der Waals surface area contributed by atoms with Crippen LogP contribution in [0, 0.1) is 11.3 Å². The number of carboxylic acids is 1. The van der Waals surface area contributed by atoms with Crippen LogP contribution < -0.4 is 15.5 Å². The molecule has 2 aliphatic rings. The molecule has 2 aliphatic heterocycles. The number of aromatic amines is 1. The third-order valence-corrected chi connectivity index (χ3v) is 7.48. The number of piperazine rings is 1. The van der Waals surface area contributed by atoms with Crippen LogP contribution in [0.25, 0.3) is 0 Å². The number of nitrogens with zero attached hydrogens (tertiary/aromatic N) is 5. The standard InChI is InChI=1S/C27H30N8O2.C2HF3O2/c1-27(2)23-21(17-35(27)26(37)29-22-7-5-4-6-19(22)16-28)24(32-31-23)30-25(36)18-8-10-20(11-9-18)34-14-12-33(3)13-15-34;3-2(4,5)1(6)7/h4-11H,12-15,17H2,1-3H3,(H,29,37)(H2,30,31,32,36);(H,6,7). The fourth-order valence-electron chi connectivity index (χ4n) is 4.89. The zero-order valence-corrected chi connectivity index (χ0v) is 24.2. The Morgan fingerprint density at radius 2 is 1.64 bits per heavy atom. The Hall–Kier alpha value is -5.10. The van der Waals surface area contributed by atoms with Crippen LogP contribution in [-0.4, -0.2) is 82.4 Å². The Labute approximate surface area is 251 Å². The molecule has 15 heteroatoms. The predicted molar refractivity (Wildman–Crippen MR) is 155 cm³/mol. The molecule has 12 nitrogen and oxygen atoms in total. The van der Waals surface area contributed by atoms with Gasteiger partial charge in [0.15, 0.2) is 5.82 Å². The lowest BCUT2D eigenvalue weighted by molar-refractivity contribution is -0.192. The number of hydrogen-bond acceptors (Lipinski definition) is 7. The second kappa shape index (κ2) is 12.6. The summed E-state index contributed by atoms with van der Waals surface area (Å²) in [5, 5.41) is 29.6. The summed E-state index contributed by atoms with van der Waals surface area (Å²) in [6.07, 6.45) is -5.08. The van der Waals surface area contributed by atoms with Gasteiger partial charge in [0, 0.05) is 43.0 Å². The number of nitrogens with one attached hydrogen (secondary N) is 3. The first-order valence-electron chi connectivity index (χ1n) is 13.5. The summed E-state index contributed by atoms with van der Waals surface area (Å²) in [6, 6.07) is 16.2. The van der Waals surface area contributed by atoms with Gasteiger partial charge < -0.3 is 30.4 Å².